The van der Waals surface area contributed by atoms with Crippen molar-refractivity contribution in [2.45, 2.75) is 6.18 Å². The zero-order valence-electron chi connectivity index (χ0n) is 11.9. The summed E-state index contributed by atoms with van der Waals surface area (Å²) >= 11 is 1.04. The predicted octanol–water partition coefficient (Wildman–Crippen LogP) is 3.08. The lowest BCUT2D eigenvalue weighted by Crippen LogP contribution is -2.11. The summed E-state index contributed by atoms with van der Waals surface area (Å²) in [4.78, 5) is 0.456. The van der Waals surface area contributed by atoms with Crippen LogP contribution in [0.4, 0.5) is 13.2 Å². The highest BCUT2D eigenvalue weighted by atomic mass is 32.2. The van der Waals surface area contributed by atoms with Gasteiger partial charge in [-0.25, -0.2) is 8.42 Å². The molecule has 0 aliphatic carbocycles. The van der Waals surface area contributed by atoms with Crippen LogP contribution in [0.25, 0.3) is 16.6 Å². The molecule has 122 valence electrons. The normalized spacial score (nSPS) is 13.1. The lowest BCUT2D eigenvalue weighted by atomic mass is 10.3. The van der Waals surface area contributed by atoms with E-state index in [-0.39, 0.29) is 5.69 Å². The zero-order valence-corrected chi connectivity index (χ0v) is 13.6. The summed E-state index contributed by atoms with van der Waals surface area (Å²) < 4.78 is 61.8. The summed E-state index contributed by atoms with van der Waals surface area (Å²) in [7, 11) is -2.46. The van der Waals surface area contributed by atoms with E-state index in [1.165, 1.54) is 25.3 Å². The number of halogens is 3. The smallest absolute Gasteiger partial charge is 0.263 e. The minimum atomic E-state index is -4.51. The molecule has 0 radical (unpaired) electrons. The van der Waals surface area contributed by atoms with Crippen LogP contribution in [0.5, 0.6) is 0 Å². The summed E-state index contributed by atoms with van der Waals surface area (Å²) in [5.41, 5.74) is -0.755. The fourth-order valence-electron chi connectivity index (χ4n) is 1.77. The van der Waals surface area contributed by atoms with Crippen LogP contribution in [0.2, 0.25) is 0 Å². The van der Waals surface area contributed by atoms with E-state index in [4.69, 9.17) is 5.26 Å². The molecule has 0 bridgehead atoms. The van der Waals surface area contributed by atoms with Gasteiger partial charge in [0.15, 0.2) is 9.84 Å². The highest BCUT2D eigenvalue weighted by Gasteiger charge is 2.35. The van der Waals surface area contributed by atoms with E-state index in [0.717, 1.165) is 28.3 Å². The maximum absolute atomic E-state index is 12.8. The van der Waals surface area contributed by atoms with E-state index in [1.54, 1.807) is 6.07 Å². The highest BCUT2D eigenvalue weighted by Crippen LogP contribution is 2.34. The number of sulfone groups is 1. The van der Waals surface area contributed by atoms with Crippen molar-refractivity contribution in [3.63, 3.8) is 0 Å². The van der Waals surface area contributed by atoms with Gasteiger partial charge < -0.3 is 0 Å². The van der Waals surface area contributed by atoms with Crippen molar-refractivity contribution in [3.8, 4) is 16.6 Å². The average molecular weight is 361 g/mol. The average Bonchev–Trinajstić information content (AvgIpc) is 2.99. The number of hydrogen-bond donors (Lipinski definition) is 0. The Labute approximate surface area is 134 Å². The summed E-state index contributed by atoms with van der Waals surface area (Å²) in [6.45, 7) is 0. The molecule has 5 nitrogen and oxygen atoms in total. The number of hydrogen-bond acceptors (Lipinski definition) is 5. The van der Waals surface area contributed by atoms with Crippen LogP contribution in [0, 0.1) is 11.3 Å². The molecule has 0 saturated heterocycles. The highest BCUT2D eigenvalue weighted by molar-refractivity contribution is 7.95. The van der Waals surface area contributed by atoms with E-state index < -0.39 is 26.6 Å². The third kappa shape index (κ3) is 3.80. The van der Waals surface area contributed by atoms with Gasteiger partial charge in [0.05, 0.1) is 4.88 Å². The van der Waals surface area contributed by atoms with Crippen molar-refractivity contribution < 1.29 is 21.6 Å². The molecule has 0 saturated carbocycles. The van der Waals surface area contributed by atoms with E-state index in [9.17, 15) is 21.6 Å². The third-order valence-electron chi connectivity index (χ3n) is 2.83. The quantitative estimate of drug-likeness (QED) is 0.788. The molecule has 10 heteroatoms. The SMILES string of the molecule is Cn1nc(-c2ccc(/C=C(\C#N)S(C)(=O)=O)s2)cc1C(F)(F)F. The number of aryl methyl sites for hydroxylation is 1. The maximum atomic E-state index is 12.8. The minimum absolute atomic E-state index is 0.127. The van der Waals surface area contributed by atoms with Crippen molar-refractivity contribution in [2.75, 3.05) is 6.26 Å². The molecule has 2 heterocycles. The van der Waals surface area contributed by atoms with Crippen LogP contribution in [0.15, 0.2) is 23.1 Å². The first-order valence-corrected chi connectivity index (χ1v) is 8.76. The maximum Gasteiger partial charge on any atom is 0.433 e. The third-order valence-corrected chi connectivity index (χ3v) is 4.90. The van der Waals surface area contributed by atoms with Gasteiger partial charge in [-0.1, -0.05) is 0 Å². The Bertz CT molecular complexity index is 915. The van der Waals surface area contributed by atoms with E-state index in [1.807, 2.05) is 0 Å². The number of nitriles is 1. The first-order valence-electron chi connectivity index (χ1n) is 6.05. The molecule has 0 aromatic carbocycles. The van der Waals surface area contributed by atoms with Crippen LogP contribution in [-0.2, 0) is 23.1 Å². The molecular formula is C13H10F3N3O2S2. The Balaban J connectivity index is 2.42. The Morgan fingerprint density at radius 1 is 1.43 bits per heavy atom. The number of thiophene rings is 1. The van der Waals surface area contributed by atoms with Gasteiger partial charge in [-0.05, 0) is 24.3 Å². The second kappa shape index (κ2) is 5.82. The summed E-state index contributed by atoms with van der Waals surface area (Å²) in [6, 6.07) is 5.54. The van der Waals surface area contributed by atoms with Crippen LogP contribution in [0.3, 0.4) is 0 Å². The molecule has 0 unspecified atom stereocenters. The van der Waals surface area contributed by atoms with Gasteiger partial charge in [-0.15, -0.1) is 11.3 Å². The molecule has 0 aliphatic heterocycles. The van der Waals surface area contributed by atoms with Gasteiger partial charge in [0.25, 0.3) is 0 Å². The Morgan fingerprint density at radius 3 is 2.57 bits per heavy atom. The van der Waals surface area contributed by atoms with Gasteiger partial charge in [0.2, 0.25) is 0 Å². The molecule has 23 heavy (non-hydrogen) atoms. The zero-order chi connectivity index (χ0) is 17.4. The van der Waals surface area contributed by atoms with Gasteiger partial charge >= 0.3 is 6.18 Å². The largest absolute Gasteiger partial charge is 0.433 e. The molecular weight excluding hydrogens is 351 g/mol. The molecule has 2 aromatic rings. The first kappa shape index (κ1) is 17.2. The van der Waals surface area contributed by atoms with Crippen molar-refractivity contribution in [2.24, 2.45) is 7.05 Å². The van der Waals surface area contributed by atoms with E-state index in [2.05, 4.69) is 5.10 Å². The monoisotopic (exact) mass is 361 g/mol. The van der Waals surface area contributed by atoms with Crippen LogP contribution in [-0.4, -0.2) is 24.5 Å². The molecule has 0 aliphatic rings. The minimum Gasteiger partial charge on any atom is -0.263 e. The number of nitrogens with zero attached hydrogens (tertiary/aromatic N) is 3. The topological polar surface area (TPSA) is 75.8 Å². The van der Waals surface area contributed by atoms with Gasteiger partial charge in [0.1, 0.15) is 22.4 Å². The van der Waals surface area contributed by atoms with Crippen molar-refractivity contribution in [3.05, 3.63) is 33.7 Å². The Hall–Kier alpha value is -2.12. The number of rotatable bonds is 3. The fraction of sp³-hybridized carbons (Fsp3) is 0.231. The van der Waals surface area contributed by atoms with Crippen LogP contribution < -0.4 is 0 Å². The van der Waals surface area contributed by atoms with E-state index in [0.29, 0.717) is 9.75 Å². The van der Waals surface area contributed by atoms with Gasteiger partial charge in [-0.3, -0.25) is 4.68 Å². The molecule has 0 atom stereocenters. The van der Waals surface area contributed by atoms with Gasteiger partial charge in [0, 0.05) is 18.2 Å². The molecule has 0 amide bonds. The molecule has 2 aromatic heterocycles. The van der Waals surface area contributed by atoms with Crippen LogP contribution in [0.1, 0.15) is 10.6 Å². The predicted molar refractivity (Wildman–Crippen MR) is 80.0 cm³/mol. The van der Waals surface area contributed by atoms with Gasteiger partial charge in [-0.2, -0.15) is 23.5 Å². The summed E-state index contributed by atoms with van der Waals surface area (Å²) in [6.07, 6.45) is -2.42. The summed E-state index contributed by atoms with van der Waals surface area (Å²) in [5, 5.41) is 12.7. The number of alkyl halides is 3. The second-order valence-electron chi connectivity index (χ2n) is 4.63. The van der Waals surface area contributed by atoms with Crippen molar-refractivity contribution in [1.82, 2.24) is 9.78 Å². The number of allylic oxidation sites excluding steroid dienone is 1. The molecule has 0 fully saturated rings. The molecule has 0 spiro atoms. The second-order valence-corrected chi connectivity index (χ2v) is 7.73. The molecule has 0 N–H and O–H groups in total. The van der Waals surface area contributed by atoms with Crippen LogP contribution >= 0.6 is 11.3 Å². The molecule has 2 rings (SSSR count). The van der Waals surface area contributed by atoms with E-state index >= 15 is 0 Å². The van der Waals surface area contributed by atoms with Crippen molar-refractivity contribution in [1.29, 1.82) is 5.26 Å². The Morgan fingerprint density at radius 2 is 2.09 bits per heavy atom. The fourth-order valence-corrected chi connectivity index (χ4v) is 3.26. The van der Waals surface area contributed by atoms with Crippen molar-refractivity contribution >= 4 is 27.3 Å². The standard InChI is InChI=1S/C13H10F3N3O2S2/c1-19-12(13(14,15)16)6-10(18-19)11-4-3-8(22-11)5-9(7-17)23(2,20)21/h3-6H,1-2H3/b9-5+. The summed E-state index contributed by atoms with van der Waals surface area (Å²) in [5.74, 6) is 0. The lowest BCUT2D eigenvalue weighted by molar-refractivity contribution is -0.143. The number of aromatic nitrogens is 2. The lowest BCUT2D eigenvalue weighted by Gasteiger charge is -2.04. The Kier molecular flexibility index (Phi) is 4.37. The first-order chi connectivity index (χ1) is 10.5.